The molecule has 4 rings (SSSR count). The summed E-state index contributed by atoms with van der Waals surface area (Å²) in [4.78, 5) is 29.8. The number of carbonyl (C=O) groups excluding carboxylic acids is 2. The average molecular weight is 683 g/mol. The molecule has 0 spiro atoms. The van der Waals surface area contributed by atoms with Gasteiger partial charge in [-0.3, -0.25) is 13.9 Å². The van der Waals surface area contributed by atoms with Gasteiger partial charge in [0.15, 0.2) is 0 Å². The zero-order chi connectivity index (χ0) is 33.3. The van der Waals surface area contributed by atoms with Crippen LogP contribution < -0.4 is 14.4 Å². The summed E-state index contributed by atoms with van der Waals surface area (Å²) in [6, 6.07) is 27.5. The number of ether oxygens (including phenoxy) is 1. The van der Waals surface area contributed by atoms with Crippen LogP contribution in [-0.4, -0.2) is 50.4 Å². The van der Waals surface area contributed by atoms with Crippen LogP contribution in [0.4, 0.5) is 5.69 Å². The first-order chi connectivity index (χ1) is 22.0. The van der Waals surface area contributed by atoms with E-state index in [1.165, 1.54) is 17.0 Å². The lowest BCUT2D eigenvalue weighted by molar-refractivity contribution is -0.140. The fourth-order valence-electron chi connectivity index (χ4n) is 4.96. The molecule has 0 unspecified atom stereocenters. The number of amides is 2. The number of carbonyl (C=O) groups is 2. The maximum Gasteiger partial charge on any atom is 0.264 e. The molecule has 4 aromatic carbocycles. The minimum absolute atomic E-state index is 0.00631. The Balaban J connectivity index is 1.87. The highest BCUT2D eigenvalue weighted by Gasteiger charge is 2.36. The lowest BCUT2D eigenvalue weighted by Gasteiger charge is -2.34. The molecule has 2 amide bonds. The summed E-state index contributed by atoms with van der Waals surface area (Å²) < 4.78 is 35.3. The Kier molecular flexibility index (Phi) is 12.1. The lowest BCUT2D eigenvalue weighted by Crippen LogP contribution is -2.54. The largest absolute Gasteiger partial charge is 0.492 e. The number of sulfonamides is 1. The SMILES string of the molecule is CCOc1ccccc1N(CC(=O)N(Cc1c(Cl)cccc1Cl)[C@H](Cc1ccccc1)C(=O)NC(C)C)S(=O)(=O)c1ccccc1. The molecule has 0 aliphatic heterocycles. The third kappa shape index (κ3) is 8.60. The van der Waals surface area contributed by atoms with Crippen LogP contribution in [0.5, 0.6) is 5.75 Å². The van der Waals surface area contributed by atoms with E-state index in [4.69, 9.17) is 27.9 Å². The number of nitrogens with one attached hydrogen (secondary N) is 1. The summed E-state index contributed by atoms with van der Waals surface area (Å²) in [6.45, 7) is 4.93. The van der Waals surface area contributed by atoms with E-state index in [0.717, 1.165) is 9.87 Å². The molecule has 0 saturated carbocycles. The Morgan fingerprint density at radius 2 is 1.41 bits per heavy atom. The number of para-hydroxylation sites is 2. The second kappa shape index (κ2) is 16.0. The molecule has 0 heterocycles. The van der Waals surface area contributed by atoms with Crippen molar-refractivity contribution in [2.45, 2.75) is 50.7 Å². The first kappa shape index (κ1) is 34.8. The number of benzene rings is 4. The smallest absolute Gasteiger partial charge is 0.264 e. The Hall–Kier alpha value is -4.05. The Bertz CT molecular complexity index is 1720. The van der Waals surface area contributed by atoms with Crippen LogP contribution in [-0.2, 0) is 32.6 Å². The highest BCUT2D eigenvalue weighted by Crippen LogP contribution is 2.33. The van der Waals surface area contributed by atoms with Crippen LogP contribution in [0.2, 0.25) is 10.0 Å². The van der Waals surface area contributed by atoms with E-state index < -0.39 is 34.4 Å². The number of anilines is 1. The van der Waals surface area contributed by atoms with Gasteiger partial charge in [-0.05, 0) is 62.7 Å². The number of hydrogen-bond donors (Lipinski definition) is 1. The van der Waals surface area contributed by atoms with E-state index in [-0.39, 0.29) is 41.9 Å². The number of nitrogens with zero attached hydrogens (tertiary/aromatic N) is 2. The third-order valence-corrected chi connectivity index (χ3v) is 9.62. The highest BCUT2D eigenvalue weighted by atomic mass is 35.5. The summed E-state index contributed by atoms with van der Waals surface area (Å²) in [5.74, 6) is -0.749. The van der Waals surface area contributed by atoms with Gasteiger partial charge in [0.25, 0.3) is 10.0 Å². The normalized spacial score (nSPS) is 12.0. The van der Waals surface area contributed by atoms with E-state index in [1.54, 1.807) is 67.6 Å². The molecule has 0 aromatic heterocycles. The minimum atomic E-state index is -4.28. The van der Waals surface area contributed by atoms with Crippen LogP contribution in [0.15, 0.2) is 108 Å². The summed E-state index contributed by atoms with van der Waals surface area (Å²) in [5.41, 5.74) is 1.43. The number of halogens is 2. The first-order valence-electron chi connectivity index (χ1n) is 14.9. The monoisotopic (exact) mass is 681 g/mol. The molecule has 11 heteroatoms. The van der Waals surface area contributed by atoms with E-state index in [2.05, 4.69) is 5.32 Å². The van der Waals surface area contributed by atoms with Crippen molar-refractivity contribution in [3.63, 3.8) is 0 Å². The third-order valence-electron chi connectivity index (χ3n) is 7.14. The Morgan fingerprint density at radius 3 is 2.02 bits per heavy atom. The summed E-state index contributed by atoms with van der Waals surface area (Å²) in [7, 11) is -4.28. The average Bonchev–Trinajstić information content (AvgIpc) is 3.03. The number of hydrogen-bond acceptors (Lipinski definition) is 5. The first-order valence-corrected chi connectivity index (χ1v) is 17.1. The van der Waals surface area contributed by atoms with Gasteiger partial charge in [-0.15, -0.1) is 0 Å². The molecular weight excluding hydrogens is 645 g/mol. The predicted octanol–water partition coefficient (Wildman–Crippen LogP) is 6.75. The van der Waals surface area contributed by atoms with Crippen molar-refractivity contribution in [1.29, 1.82) is 0 Å². The molecule has 8 nitrogen and oxygen atoms in total. The molecular formula is C35H37Cl2N3O5S. The van der Waals surface area contributed by atoms with Crippen LogP contribution in [0.3, 0.4) is 0 Å². The van der Waals surface area contributed by atoms with Gasteiger partial charge in [0.1, 0.15) is 18.3 Å². The molecule has 242 valence electrons. The topological polar surface area (TPSA) is 96.0 Å². The van der Waals surface area contributed by atoms with Crippen molar-refractivity contribution in [3.8, 4) is 5.75 Å². The van der Waals surface area contributed by atoms with Crippen molar-refractivity contribution < 1.29 is 22.7 Å². The fraction of sp³-hybridized carbons (Fsp3) is 0.257. The lowest BCUT2D eigenvalue weighted by atomic mass is 10.0. The maximum absolute atomic E-state index is 14.6. The zero-order valence-electron chi connectivity index (χ0n) is 25.9. The standard InChI is InChI=1S/C35H37Cl2N3O5S/c1-4-45-33-21-12-11-20-31(33)40(46(43,44)27-16-9-6-10-17-27)24-34(41)39(23-28-29(36)18-13-19-30(28)37)32(35(42)38-25(2)3)22-26-14-7-5-8-15-26/h5-21,25,32H,4,22-24H2,1-3H3,(H,38,42)/t32-/m1/s1. The highest BCUT2D eigenvalue weighted by molar-refractivity contribution is 7.92. The van der Waals surface area contributed by atoms with Crippen molar-refractivity contribution >= 4 is 50.7 Å². The van der Waals surface area contributed by atoms with Gasteiger partial charge in [-0.1, -0.05) is 89.9 Å². The van der Waals surface area contributed by atoms with Crippen LogP contribution in [0.25, 0.3) is 0 Å². The van der Waals surface area contributed by atoms with Gasteiger partial charge < -0.3 is 15.0 Å². The Labute approximate surface area is 280 Å². The number of rotatable bonds is 14. The van der Waals surface area contributed by atoms with Gasteiger partial charge in [0, 0.05) is 34.6 Å². The summed E-state index contributed by atoms with van der Waals surface area (Å²) >= 11 is 13.1. The summed E-state index contributed by atoms with van der Waals surface area (Å²) in [5, 5.41) is 3.55. The second-order valence-corrected chi connectivity index (χ2v) is 13.5. The van der Waals surface area contributed by atoms with Crippen LogP contribution in [0.1, 0.15) is 31.9 Å². The van der Waals surface area contributed by atoms with Crippen molar-refractivity contribution in [2.24, 2.45) is 0 Å². The van der Waals surface area contributed by atoms with Crippen LogP contribution >= 0.6 is 23.2 Å². The van der Waals surface area contributed by atoms with Crippen molar-refractivity contribution in [1.82, 2.24) is 10.2 Å². The molecule has 0 radical (unpaired) electrons. The van der Waals surface area contributed by atoms with Gasteiger partial charge in [-0.2, -0.15) is 0 Å². The van der Waals surface area contributed by atoms with Crippen molar-refractivity contribution in [3.05, 3.63) is 124 Å². The van der Waals surface area contributed by atoms with Gasteiger partial charge in [0.2, 0.25) is 11.8 Å². The van der Waals surface area contributed by atoms with E-state index in [0.29, 0.717) is 15.6 Å². The van der Waals surface area contributed by atoms with Gasteiger partial charge in [-0.25, -0.2) is 8.42 Å². The molecule has 46 heavy (non-hydrogen) atoms. The molecule has 4 aromatic rings. The Morgan fingerprint density at radius 1 is 0.826 bits per heavy atom. The molecule has 1 N–H and O–H groups in total. The fourth-order valence-corrected chi connectivity index (χ4v) is 6.92. The molecule has 0 bridgehead atoms. The van der Waals surface area contributed by atoms with Gasteiger partial charge >= 0.3 is 0 Å². The quantitative estimate of drug-likeness (QED) is 0.159. The minimum Gasteiger partial charge on any atom is -0.492 e. The van der Waals surface area contributed by atoms with Crippen LogP contribution in [0, 0.1) is 0 Å². The van der Waals surface area contributed by atoms with Crippen molar-refractivity contribution in [2.75, 3.05) is 17.5 Å². The molecule has 1 atom stereocenters. The molecule has 0 fully saturated rings. The molecule has 0 saturated heterocycles. The molecule has 0 aliphatic carbocycles. The summed E-state index contributed by atoms with van der Waals surface area (Å²) in [6.07, 6.45) is 0.161. The van der Waals surface area contributed by atoms with E-state index >= 15 is 0 Å². The van der Waals surface area contributed by atoms with E-state index in [1.807, 2.05) is 44.2 Å². The second-order valence-electron chi connectivity index (χ2n) is 10.8. The maximum atomic E-state index is 14.6. The van der Waals surface area contributed by atoms with E-state index in [9.17, 15) is 18.0 Å². The molecule has 0 aliphatic rings. The predicted molar refractivity (Wildman–Crippen MR) is 183 cm³/mol. The zero-order valence-corrected chi connectivity index (χ0v) is 28.2. The van der Waals surface area contributed by atoms with Gasteiger partial charge in [0.05, 0.1) is 17.2 Å².